The molecule has 0 bridgehead atoms. The van der Waals surface area contributed by atoms with E-state index in [-0.39, 0.29) is 30.8 Å². The first-order valence-corrected chi connectivity index (χ1v) is 6.62. The molecule has 3 N–H and O–H groups in total. The van der Waals surface area contributed by atoms with Crippen molar-refractivity contribution >= 4 is 24.2 Å². The molecule has 1 aromatic rings. The maximum atomic E-state index is 11.9. The van der Waals surface area contributed by atoms with Crippen LogP contribution in [-0.2, 0) is 17.9 Å². The number of halogens is 1. The van der Waals surface area contributed by atoms with Crippen molar-refractivity contribution in [2.45, 2.75) is 32.0 Å². The van der Waals surface area contributed by atoms with E-state index in [2.05, 4.69) is 16.0 Å². The second-order valence-electron chi connectivity index (χ2n) is 5.11. The highest BCUT2D eigenvalue weighted by Crippen LogP contribution is 2.18. The van der Waals surface area contributed by atoms with E-state index in [1.54, 1.807) is 6.07 Å². The van der Waals surface area contributed by atoms with E-state index in [1.165, 1.54) is 5.56 Å². The normalized spacial score (nSPS) is 16.0. The molecule has 3 rings (SSSR count). The minimum Gasteiger partial charge on any atom is -0.352 e. The highest BCUT2D eigenvalue weighted by atomic mass is 35.5. The zero-order valence-electron chi connectivity index (χ0n) is 11.1. The molecule has 0 saturated heterocycles. The van der Waals surface area contributed by atoms with Crippen LogP contribution in [0, 0.1) is 0 Å². The van der Waals surface area contributed by atoms with Crippen molar-refractivity contribution in [3.05, 3.63) is 34.9 Å². The van der Waals surface area contributed by atoms with Crippen molar-refractivity contribution in [3.8, 4) is 0 Å². The van der Waals surface area contributed by atoms with Crippen LogP contribution in [0.1, 0.15) is 34.3 Å². The van der Waals surface area contributed by atoms with Crippen LogP contribution >= 0.6 is 12.4 Å². The summed E-state index contributed by atoms with van der Waals surface area (Å²) in [4.78, 5) is 23.4. The van der Waals surface area contributed by atoms with Crippen molar-refractivity contribution in [3.63, 3.8) is 0 Å². The minimum atomic E-state index is -0.194. The largest absolute Gasteiger partial charge is 0.352 e. The van der Waals surface area contributed by atoms with Crippen molar-refractivity contribution < 1.29 is 9.59 Å². The van der Waals surface area contributed by atoms with Crippen LogP contribution < -0.4 is 16.0 Å². The molecule has 20 heavy (non-hydrogen) atoms. The number of hydrogen-bond donors (Lipinski definition) is 3. The quantitative estimate of drug-likeness (QED) is 0.766. The van der Waals surface area contributed by atoms with Gasteiger partial charge in [-0.15, -0.1) is 12.4 Å². The second-order valence-corrected chi connectivity index (χ2v) is 5.11. The van der Waals surface area contributed by atoms with Gasteiger partial charge in [-0.05, 0) is 36.1 Å². The first-order valence-electron chi connectivity index (χ1n) is 6.62. The summed E-state index contributed by atoms with van der Waals surface area (Å²) in [5.41, 5.74) is 3.01. The van der Waals surface area contributed by atoms with Crippen LogP contribution in [0.4, 0.5) is 0 Å². The standard InChI is InChI=1S/C14H17N3O2.ClH/c18-13(17-12-3-4-12)8-16-14(19)9-1-2-10-6-15-7-11(10)5-9;/h1-2,5,12,15H,3-4,6-8H2,(H,16,19)(H,17,18);1H. The van der Waals surface area contributed by atoms with Gasteiger partial charge in [0, 0.05) is 24.7 Å². The molecular weight excluding hydrogens is 278 g/mol. The topological polar surface area (TPSA) is 70.2 Å². The molecule has 5 nitrogen and oxygen atoms in total. The van der Waals surface area contributed by atoms with Gasteiger partial charge in [0.25, 0.3) is 5.91 Å². The first kappa shape index (κ1) is 14.8. The molecule has 0 atom stereocenters. The summed E-state index contributed by atoms with van der Waals surface area (Å²) in [6, 6.07) is 5.99. The lowest BCUT2D eigenvalue weighted by Crippen LogP contribution is -2.37. The van der Waals surface area contributed by atoms with Gasteiger partial charge < -0.3 is 16.0 Å². The highest BCUT2D eigenvalue weighted by molar-refractivity contribution is 5.96. The maximum Gasteiger partial charge on any atom is 0.251 e. The molecule has 108 valence electrons. The fourth-order valence-corrected chi connectivity index (χ4v) is 2.21. The number of hydrogen-bond acceptors (Lipinski definition) is 3. The van der Waals surface area contributed by atoms with Crippen molar-refractivity contribution in [2.24, 2.45) is 0 Å². The summed E-state index contributed by atoms with van der Waals surface area (Å²) >= 11 is 0. The van der Waals surface area contributed by atoms with E-state index in [0.717, 1.165) is 31.5 Å². The van der Waals surface area contributed by atoms with Crippen molar-refractivity contribution in [1.82, 2.24) is 16.0 Å². The van der Waals surface area contributed by atoms with Gasteiger partial charge in [0.2, 0.25) is 5.91 Å². The number of rotatable bonds is 4. The molecule has 2 amide bonds. The third kappa shape index (κ3) is 3.49. The Labute approximate surface area is 123 Å². The third-order valence-corrected chi connectivity index (χ3v) is 3.45. The van der Waals surface area contributed by atoms with E-state index < -0.39 is 0 Å². The van der Waals surface area contributed by atoms with E-state index in [0.29, 0.717) is 11.6 Å². The average Bonchev–Trinajstić information content (AvgIpc) is 3.09. The fraction of sp³-hybridized carbons (Fsp3) is 0.429. The van der Waals surface area contributed by atoms with Gasteiger partial charge in [-0.2, -0.15) is 0 Å². The summed E-state index contributed by atoms with van der Waals surface area (Å²) < 4.78 is 0. The van der Waals surface area contributed by atoms with E-state index in [9.17, 15) is 9.59 Å². The molecule has 2 aliphatic rings. The number of carbonyl (C=O) groups excluding carboxylic acids is 2. The van der Waals surface area contributed by atoms with Crippen molar-refractivity contribution in [2.75, 3.05) is 6.54 Å². The summed E-state index contributed by atoms with van der Waals surface area (Å²) in [6.45, 7) is 1.71. The van der Waals surface area contributed by atoms with Gasteiger partial charge in [-0.3, -0.25) is 9.59 Å². The Morgan fingerprint density at radius 3 is 2.70 bits per heavy atom. The lowest BCUT2D eigenvalue weighted by molar-refractivity contribution is -0.120. The van der Waals surface area contributed by atoms with Gasteiger partial charge >= 0.3 is 0 Å². The van der Waals surface area contributed by atoms with Crippen molar-refractivity contribution in [1.29, 1.82) is 0 Å². The van der Waals surface area contributed by atoms with Gasteiger partial charge in [0.1, 0.15) is 0 Å². The SMILES string of the molecule is Cl.O=C(CNC(=O)c1ccc2c(c1)CNC2)NC1CC1. The van der Waals surface area contributed by atoms with Crippen LogP contribution in [0.5, 0.6) is 0 Å². The van der Waals surface area contributed by atoms with Gasteiger partial charge in [0.05, 0.1) is 6.54 Å². The Morgan fingerprint density at radius 2 is 1.95 bits per heavy atom. The van der Waals surface area contributed by atoms with Gasteiger partial charge in [-0.1, -0.05) is 6.07 Å². The molecule has 1 heterocycles. The van der Waals surface area contributed by atoms with E-state index in [1.807, 2.05) is 12.1 Å². The Hall–Kier alpha value is -1.59. The number of fused-ring (bicyclic) bond motifs is 1. The third-order valence-electron chi connectivity index (χ3n) is 3.45. The molecule has 6 heteroatoms. The molecule has 1 aromatic carbocycles. The minimum absolute atomic E-state index is 0. The molecule has 1 aliphatic carbocycles. The lowest BCUT2D eigenvalue weighted by atomic mass is 10.1. The summed E-state index contributed by atoms with van der Waals surface area (Å²) in [5.74, 6) is -0.306. The zero-order chi connectivity index (χ0) is 13.2. The maximum absolute atomic E-state index is 11.9. The summed E-state index contributed by atoms with van der Waals surface area (Å²) in [5, 5.41) is 8.73. The molecule has 0 aromatic heterocycles. The first-order chi connectivity index (χ1) is 9.22. The summed E-state index contributed by atoms with van der Waals surface area (Å²) in [6.07, 6.45) is 2.11. The highest BCUT2D eigenvalue weighted by Gasteiger charge is 2.23. The van der Waals surface area contributed by atoms with E-state index >= 15 is 0 Å². The van der Waals surface area contributed by atoms with Crippen LogP contribution in [0.2, 0.25) is 0 Å². The van der Waals surface area contributed by atoms with Gasteiger partial charge in [0.15, 0.2) is 0 Å². The monoisotopic (exact) mass is 295 g/mol. The number of benzene rings is 1. The van der Waals surface area contributed by atoms with Crippen LogP contribution in [0.25, 0.3) is 0 Å². The predicted octanol–water partition coefficient (Wildman–Crippen LogP) is 0.720. The molecule has 0 spiro atoms. The Bertz CT molecular complexity index is 529. The molecular formula is C14H18ClN3O2. The van der Waals surface area contributed by atoms with E-state index in [4.69, 9.17) is 0 Å². The van der Waals surface area contributed by atoms with Gasteiger partial charge in [-0.25, -0.2) is 0 Å². The number of amides is 2. The Kier molecular flexibility index (Phi) is 4.62. The molecule has 1 fully saturated rings. The number of nitrogens with one attached hydrogen (secondary N) is 3. The molecule has 0 unspecified atom stereocenters. The average molecular weight is 296 g/mol. The van der Waals surface area contributed by atoms with Crippen LogP contribution in [0.3, 0.4) is 0 Å². The van der Waals surface area contributed by atoms with Crippen LogP contribution in [-0.4, -0.2) is 24.4 Å². The Morgan fingerprint density at radius 1 is 1.20 bits per heavy atom. The lowest BCUT2D eigenvalue weighted by Gasteiger charge is -2.07. The predicted molar refractivity (Wildman–Crippen MR) is 77.7 cm³/mol. The smallest absolute Gasteiger partial charge is 0.251 e. The fourth-order valence-electron chi connectivity index (χ4n) is 2.21. The Balaban J connectivity index is 0.00000147. The number of carbonyl (C=O) groups is 2. The molecule has 0 radical (unpaired) electrons. The zero-order valence-corrected chi connectivity index (χ0v) is 11.9. The molecule has 1 saturated carbocycles. The van der Waals surface area contributed by atoms with Crippen LogP contribution in [0.15, 0.2) is 18.2 Å². The second kappa shape index (κ2) is 6.24. The summed E-state index contributed by atoms with van der Waals surface area (Å²) in [7, 11) is 0. The molecule has 1 aliphatic heterocycles.